The average molecular weight is 321 g/mol. The van der Waals surface area contributed by atoms with Crippen molar-refractivity contribution in [2.75, 3.05) is 32.1 Å². The monoisotopic (exact) mass is 321 g/mol. The molecular formula is C12H17F2N3O3S. The van der Waals surface area contributed by atoms with E-state index in [-0.39, 0.29) is 13.1 Å². The zero-order chi connectivity index (χ0) is 16.2. The normalized spacial score (nSPS) is 11.7. The highest BCUT2D eigenvalue weighted by atomic mass is 32.2. The zero-order valence-electron chi connectivity index (χ0n) is 11.9. The molecule has 1 rings (SSSR count). The maximum Gasteiger partial charge on any atom is 0.278 e. The van der Waals surface area contributed by atoms with Crippen molar-refractivity contribution in [1.82, 2.24) is 9.03 Å². The van der Waals surface area contributed by atoms with Crippen molar-refractivity contribution < 1.29 is 22.0 Å². The van der Waals surface area contributed by atoms with Gasteiger partial charge in [-0.15, -0.1) is 0 Å². The molecule has 1 aromatic rings. The molecule has 118 valence electrons. The summed E-state index contributed by atoms with van der Waals surface area (Å²) in [7, 11) is -0.994. The maximum atomic E-state index is 13.7. The largest absolute Gasteiger partial charge is 0.306 e. The molecule has 0 saturated heterocycles. The van der Waals surface area contributed by atoms with E-state index in [9.17, 15) is 22.0 Å². The van der Waals surface area contributed by atoms with Crippen molar-refractivity contribution in [3.63, 3.8) is 0 Å². The Hall–Kier alpha value is -1.58. The standard InChI is InChI=1S/C12H17F2N3O3S/c1-9(18)17(8-7-15-21(19,20)16(2)3)12-10(13)5-4-6-11(12)14/h4-6,15H,7-8H2,1-3H3. The Bertz CT molecular complexity index is 600. The summed E-state index contributed by atoms with van der Waals surface area (Å²) >= 11 is 0. The fraction of sp³-hybridized carbons (Fsp3) is 0.417. The molecular weight excluding hydrogens is 304 g/mol. The van der Waals surface area contributed by atoms with Crippen molar-refractivity contribution >= 4 is 21.8 Å². The summed E-state index contributed by atoms with van der Waals surface area (Å²) < 4.78 is 53.5. The number of benzene rings is 1. The number of anilines is 1. The van der Waals surface area contributed by atoms with Crippen LogP contribution in [0.1, 0.15) is 6.92 Å². The molecule has 0 fully saturated rings. The molecule has 0 spiro atoms. The molecule has 1 N–H and O–H groups in total. The summed E-state index contributed by atoms with van der Waals surface area (Å²) in [6.07, 6.45) is 0. The molecule has 0 radical (unpaired) electrons. The smallest absolute Gasteiger partial charge is 0.278 e. The van der Waals surface area contributed by atoms with E-state index < -0.39 is 33.4 Å². The Morgan fingerprint density at radius 3 is 2.19 bits per heavy atom. The van der Waals surface area contributed by atoms with Gasteiger partial charge in [-0.3, -0.25) is 4.79 Å². The molecule has 9 heteroatoms. The average Bonchev–Trinajstić information content (AvgIpc) is 2.35. The van der Waals surface area contributed by atoms with E-state index >= 15 is 0 Å². The summed E-state index contributed by atoms with van der Waals surface area (Å²) in [6, 6.07) is 3.23. The quantitative estimate of drug-likeness (QED) is 0.839. The van der Waals surface area contributed by atoms with Crippen molar-refractivity contribution in [3.8, 4) is 0 Å². The van der Waals surface area contributed by atoms with Crippen molar-refractivity contribution in [2.45, 2.75) is 6.92 Å². The molecule has 0 unspecified atom stereocenters. The molecule has 1 aromatic carbocycles. The lowest BCUT2D eigenvalue weighted by Gasteiger charge is -2.23. The lowest BCUT2D eigenvalue weighted by Crippen LogP contribution is -2.42. The Balaban J connectivity index is 2.88. The molecule has 0 aromatic heterocycles. The summed E-state index contributed by atoms with van der Waals surface area (Å²) in [4.78, 5) is 12.4. The van der Waals surface area contributed by atoms with Gasteiger partial charge in [0.1, 0.15) is 17.3 Å². The van der Waals surface area contributed by atoms with Crippen LogP contribution >= 0.6 is 0 Å². The molecule has 21 heavy (non-hydrogen) atoms. The van der Waals surface area contributed by atoms with Gasteiger partial charge in [0.25, 0.3) is 10.2 Å². The fourth-order valence-corrected chi connectivity index (χ4v) is 2.20. The van der Waals surface area contributed by atoms with Gasteiger partial charge in [-0.05, 0) is 12.1 Å². The van der Waals surface area contributed by atoms with E-state index in [2.05, 4.69) is 4.72 Å². The van der Waals surface area contributed by atoms with Gasteiger partial charge in [0.2, 0.25) is 5.91 Å². The fourth-order valence-electron chi connectivity index (χ4n) is 1.59. The molecule has 0 aliphatic rings. The molecule has 1 amide bonds. The van der Waals surface area contributed by atoms with Gasteiger partial charge in [-0.1, -0.05) is 6.07 Å². The molecule has 0 atom stereocenters. The van der Waals surface area contributed by atoms with E-state index in [0.717, 1.165) is 28.3 Å². The first-order valence-corrected chi connectivity index (χ1v) is 7.50. The molecule has 0 aliphatic carbocycles. The number of nitrogens with zero attached hydrogens (tertiary/aromatic N) is 2. The van der Waals surface area contributed by atoms with Crippen LogP contribution in [0.2, 0.25) is 0 Å². The van der Waals surface area contributed by atoms with Crippen LogP contribution in [0.5, 0.6) is 0 Å². The first-order chi connectivity index (χ1) is 9.66. The third kappa shape index (κ3) is 4.45. The van der Waals surface area contributed by atoms with Gasteiger partial charge >= 0.3 is 0 Å². The predicted molar refractivity (Wildman–Crippen MR) is 75.0 cm³/mol. The van der Waals surface area contributed by atoms with Gasteiger partial charge < -0.3 is 4.90 Å². The SMILES string of the molecule is CC(=O)N(CCNS(=O)(=O)N(C)C)c1c(F)cccc1F. The number of para-hydroxylation sites is 1. The third-order valence-electron chi connectivity index (χ3n) is 2.69. The summed E-state index contributed by atoms with van der Waals surface area (Å²) in [5.74, 6) is -2.37. The van der Waals surface area contributed by atoms with Gasteiger partial charge in [0, 0.05) is 34.1 Å². The highest BCUT2D eigenvalue weighted by molar-refractivity contribution is 7.87. The van der Waals surface area contributed by atoms with Crippen LogP contribution in [0.4, 0.5) is 14.5 Å². The van der Waals surface area contributed by atoms with Crippen LogP contribution in [0, 0.1) is 11.6 Å². The number of rotatable bonds is 6. The Labute approximate surface area is 122 Å². The number of amides is 1. The molecule has 0 aliphatic heterocycles. The van der Waals surface area contributed by atoms with E-state index in [1.54, 1.807) is 0 Å². The predicted octanol–water partition coefficient (Wildman–Crippen LogP) is 0.714. The van der Waals surface area contributed by atoms with Crippen LogP contribution < -0.4 is 9.62 Å². The third-order valence-corrected chi connectivity index (χ3v) is 4.22. The second-order valence-corrected chi connectivity index (χ2v) is 6.39. The van der Waals surface area contributed by atoms with E-state index in [1.165, 1.54) is 20.2 Å². The first-order valence-electron chi connectivity index (χ1n) is 6.06. The molecule has 0 heterocycles. The minimum absolute atomic E-state index is 0.173. The number of hydrogen-bond acceptors (Lipinski definition) is 3. The number of halogens is 2. The van der Waals surface area contributed by atoms with Crippen molar-refractivity contribution in [3.05, 3.63) is 29.8 Å². The van der Waals surface area contributed by atoms with E-state index in [1.807, 2.05) is 0 Å². The Morgan fingerprint density at radius 2 is 1.76 bits per heavy atom. The Kier molecular flexibility index (Phi) is 5.76. The number of carbonyl (C=O) groups excluding carboxylic acids is 1. The maximum absolute atomic E-state index is 13.7. The van der Waals surface area contributed by atoms with Crippen LogP contribution in [-0.2, 0) is 15.0 Å². The zero-order valence-corrected chi connectivity index (χ0v) is 12.7. The minimum Gasteiger partial charge on any atom is -0.306 e. The summed E-state index contributed by atoms with van der Waals surface area (Å²) in [6.45, 7) is 0.778. The lowest BCUT2D eigenvalue weighted by atomic mass is 10.2. The number of nitrogens with one attached hydrogen (secondary N) is 1. The second-order valence-electron chi connectivity index (χ2n) is 4.42. The van der Waals surface area contributed by atoms with Crippen molar-refractivity contribution in [1.29, 1.82) is 0 Å². The van der Waals surface area contributed by atoms with Gasteiger partial charge in [-0.2, -0.15) is 12.7 Å². The first kappa shape index (κ1) is 17.5. The van der Waals surface area contributed by atoms with Gasteiger partial charge in [0.05, 0.1) is 0 Å². The van der Waals surface area contributed by atoms with Gasteiger partial charge in [-0.25, -0.2) is 13.5 Å². The lowest BCUT2D eigenvalue weighted by molar-refractivity contribution is -0.116. The number of hydrogen-bond donors (Lipinski definition) is 1. The Morgan fingerprint density at radius 1 is 1.24 bits per heavy atom. The topological polar surface area (TPSA) is 69.7 Å². The van der Waals surface area contributed by atoms with Gasteiger partial charge in [0.15, 0.2) is 0 Å². The molecule has 6 nitrogen and oxygen atoms in total. The van der Waals surface area contributed by atoms with Crippen LogP contribution in [-0.4, -0.2) is 45.8 Å². The molecule has 0 saturated carbocycles. The number of carbonyl (C=O) groups is 1. The highest BCUT2D eigenvalue weighted by Gasteiger charge is 2.21. The van der Waals surface area contributed by atoms with Crippen molar-refractivity contribution in [2.24, 2.45) is 0 Å². The summed E-state index contributed by atoms with van der Waals surface area (Å²) in [5.41, 5.74) is -0.492. The van der Waals surface area contributed by atoms with Crippen LogP contribution in [0.25, 0.3) is 0 Å². The van der Waals surface area contributed by atoms with Crippen LogP contribution in [0.3, 0.4) is 0 Å². The molecule has 0 bridgehead atoms. The highest BCUT2D eigenvalue weighted by Crippen LogP contribution is 2.23. The van der Waals surface area contributed by atoms with Crippen LogP contribution in [0.15, 0.2) is 18.2 Å². The second kappa shape index (κ2) is 6.92. The summed E-state index contributed by atoms with van der Waals surface area (Å²) in [5, 5.41) is 0. The minimum atomic E-state index is -3.66. The van der Waals surface area contributed by atoms with E-state index in [0.29, 0.717) is 0 Å². The van der Waals surface area contributed by atoms with E-state index in [4.69, 9.17) is 0 Å².